The molecule has 1 saturated heterocycles. The standard InChI is InChI=1S/C12H26N4O2/c1-10(9-17-2)15-12(16-13)14-7-6-11-5-3-4-8-18-11/h10-11H,3-9,13H2,1-2H3,(H2,14,15,16). The summed E-state index contributed by atoms with van der Waals surface area (Å²) in [6, 6.07) is 0.177. The van der Waals surface area contributed by atoms with Crippen LogP contribution in [-0.2, 0) is 9.47 Å². The van der Waals surface area contributed by atoms with Gasteiger partial charge in [-0.2, -0.15) is 0 Å². The van der Waals surface area contributed by atoms with E-state index in [-0.39, 0.29) is 6.04 Å². The fourth-order valence-electron chi connectivity index (χ4n) is 2.01. The minimum Gasteiger partial charge on any atom is -0.383 e. The quantitative estimate of drug-likeness (QED) is 0.278. The summed E-state index contributed by atoms with van der Waals surface area (Å²) in [5, 5.41) is 3.15. The average molecular weight is 258 g/mol. The highest BCUT2D eigenvalue weighted by molar-refractivity contribution is 5.79. The predicted octanol–water partition coefficient (Wildman–Crippen LogP) is 0.389. The Morgan fingerprint density at radius 3 is 3.00 bits per heavy atom. The first-order valence-electron chi connectivity index (χ1n) is 6.64. The molecule has 0 aromatic carbocycles. The lowest BCUT2D eigenvalue weighted by atomic mass is 10.1. The van der Waals surface area contributed by atoms with Gasteiger partial charge in [0.2, 0.25) is 5.96 Å². The molecule has 0 aromatic rings. The summed E-state index contributed by atoms with van der Waals surface area (Å²) in [5.74, 6) is 6.03. The van der Waals surface area contributed by atoms with Crippen molar-refractivity contribution in [1.29, 1.82) is 0 Å². The molecule has 18 heavy (non-hydrogen) atoms. The van der Waals surface area contributed by atoms with Crippen LogP contribution in [0.4, 0.5) is 0 Å². The smallest absolute Gasteiger partial charge is 0.206 e. The fourth-order valence-corrected chi connectivity index (χ4v) is 2.01. The second kappa shape index (κ2) is 9.13. The lowest BCUT2D eigenvalue weighted by Gasteiger charge is -2.22. The van der Waals surface area contributed by atoms with Gasteiger partial charge in [-0.25, -0.2) is 5.84 Å². The van der Waals surface area contributed by atoms with E-state index in [2.05, 4.69) is 15.7 Å². The normalized spacial score (nSPS) is 22.6. The van der Waals surface area contributed by atoms with Crippen molar-refractivity contribution in [2.75, 3.05) is 26.9 Å². The molecule has 0 aliphatic carbocycles. The summed E-state index contributed by atoms with van der Waals surface area (Å²) in [6.07, 6.45) is 4.91. The minimum absolute atomic E-state index is 0.177. The summed E-state index contributed by atoms with van der Waals surface area (Å²) >= 11 is 0. The van der Waals surface area contributed by atoms with E-state index in [1.54, 1.807) is 7.11 Å². The summed E-state index contributed by atoms with van der Waals surface area (Å²) in [5.41, 5.74) is 2.57. The summed E-state index contributed by atoms with van der Waals surface area (Å²) in [7, 11) is 1.67. The molecule has 2 atom stereocenters. The molecule has 0 radical (unpaired) electrons. The first kappa shape index (κ1) is 15.2. The van der Waals surface area contributed by atoms with Crippen molar-refractivity contribution in [1.82, 2.24) is 10.7 Å². The van der Waals surface area contributed by atoms with Crippen molar-refractivity contribution in [3.63, 3.8) is 0 Å². The van der Waals surface area contributed by atoms with Gasteiger partial charge >= 0.3 is 0 Å². The number of aliphatic imine (C=N–C) groups is 1. The number of nitrogens with zero attached hydrogens (tertiary/aromatic N) is 1. The van der Waals surface area contributed by atoms with Crippen LogP contribution in [0.3, 0.4) is 0 Å². The molecule has 1 aliphatic rings. The first-order chi connectivity index (χ1) is 8.76. The molecule has 6 heteroatoms. The van der Waals surface area contributed by atoms with Gasteiger partial charge in [0, 0.05) is 26.3 Å². The van der Waals surface area contributed by atoms with E-state index in [9.17, 15) is 0 Å². The Bertz CT molecular complexity index is 242. The molecule has 6 nitrogen and oxygen atoms in total. The molecule has 106 valence electrons. The molecule has 0 amide bonds. The van der Waals surface area contributed by atoms with E-state index >= 15 is 0 Å². The zero-order valence-corrected chi connectivity index (χ0v) is 11.4. The number of rotatable bonds is 6. The van der Waals surface area contributed by atoms with Crippen LogP contribution in [0.2, 0.25) is 0 Å². The number of ether oxygens (including phenoxy) is 2. The van der Waals surface area contributed by atoms with Gasteiger partial charge < -0.3 is 14.8 Å². The van der Waals surface area contributed by atoms with Crippen LogP contribution in [0.25, 0.3) is 0 Å². The minimum atomic E-state index is 0.177. The van der Waals surface area contributed by atoms with Gasteiger partial charge in [-0.3, -0.25) is 10.4 Å². The Morgan fingerprint density at radius 1 is 1.56 bits per heavy atom. The highest BCUT2D eigenvalue weighted by atomic mass is 16.5. The van der Waals surface area contributed by atoms with Gasteiger partial charge in [0.25, 0.3) is 0 Å². The monoisotopic (exact) mass is 258 g/mol. The Morgan fingerprint density at radius 2 is 2.39 bits per heavy atom. The zero-order valence-electron chi connectivity index (χ0n) is 11.4. The molecule has 0 saturated carbocycles. The molecular formula is C12H26N4O2. The summed E-state index contributed by atoms with van der Waals surface area (Å²) < 4.78 is 10.7. The lowest BCUT2D eigenvalue weighted by Crippen LogP contribution is -2.47. The highest BCUT2D eigenvalue weighted by Gasteiger charge is 2.13. The van der Waals surface area contributed by atoms with Crippen LogP contribution in [0.5, 0.6) is 0 Å². The van der Waals surface area contributed by atoms with Gasteiger partial charge in [-0.05, 0) is 32.6 Å². The molecule has 1 heterocycles. The van der Waals surface area contributed by atoms with Crippen molar-refractivity contribution >= 4 is 5.96 Å². The Kier molecular flexibility index (Phi) is 7.71. The summed E-state index contributed by atoms with van der Waals surface area (Å²) in [6.45, 7) is 4.24. The van der Waals surface area contributed by atoms with Gasteiger partial charge in [-0.1, -0.05) is 0 Å². The van der Waals surface area contributed by atoms with Crippen molar-refractivity contribution in [2.45, 2.75) is 44.8 Å². The van der Waals surface area contributed by atoms with Crippen LogP contribution in [0.1, 0.15) is 32.6 Å². The van der Waals surface area contributed by atoms with Crippen molar-refractivity contribution in [3.05, 3.63) is 0 Å². The van der Waals surface area contributed by atoms with Gasteiger partial charge in [-0.15, -0.1) is 0 Å². The number of nitrogens with one attached hydrogen (secondary N) is 2. The molecular weight excluding hydrogens is 232 g/mol. The van der Waals surface area contributed by atoms with Crippen LogP contribution in [-0.4, -0.2) is 45.0 Å². The number of guanidine groups is 1. The summed E-state index contributed by atoms with van der Waals surface area (Å²) in [4.78, 5) is 4.39. The van der Waals surface area contributed by atoms with E-state index < -0.39 is 0 Å². The number of hydrazine groups is 1. The molecule has 1 aliphatic heterocycles. The number of nitrogens with two attached hydrogens (primary N) is 1. The largest absolute Gasteiger partial charge is 0.383 e. The fraction of sp³-hybridized carbons (Fsp3) is 0.917. The van der Waals surface area contributed by atoms with E-state index in [4.69, 9.17) is 15.3 Å². The maximum atomic E-state index is 5.65. The second-order valence-corrected chi connectivity index (χ2v) is 4.65. The first-order valence-corrected chi connectivity index (χ1v) is 6.64. The van der Waals surface area contributed by atoms with Crippen molar-refractivity contribution in [2.24, 2.45) is 10.8 Å². The molecule has 0 bridgehead atoms. The van der Waals surface area contributed by atoms with E-state index in [0.717, 1.165) is 26.0 Å². The van der Waals surface area contributed by atoms with Crippen molar-refractivity contribution in [3.8, 4) is 0 Å². The molecule has 1 rings (SSSR count). The van der Waals surface area contributed by atoms with Gasteiger partial charge in [0.05, 0.1) is 12.7 Å². The molecule has 0 spiro atoms. The van der Waals surface area contributed by atoms with Crippen LogP contribution in [0, 0.1) is 0 Å². The lowest BCUT2D eigenvalue weighted by molar-refractivity contribution is 0.0129. The third-order valence-corrected chi connectivity index (χ3v) is 2.93. The number of hydrogen-bond acceptors (Lipinski definition) is 4. The topological polar surface area (TPSA) is 80.9 Å². The Balaban J connectivity index is 2.23. The molecule has 4 N–H and O–H groups in total. The molecule has 0 aromatic heterocycles. The van der Waals surface area contributed by atoms with Crippen LogP contribution < -0.4 is 16.6 Å². The third kappa shape index (κ3) is 6.18. The Hall–Kier alpha value is -0.850. The predicted molar refractivity (Wildman–Crippen MR) is 72.3 cm³/mol. The third-order valence-electron chi connectivity index (χ3n) is 2.93. The highest BCUT2D eigenvalue weighted by Crippen LogP contribution is 2.15. The molecule has 2 unspecified atom stereocenters. The van der Waals surface area contributed by atoms with E-state index in [0.29, 0.717) is 18.7 Å². The Labute approximate surface area is 109 Å². The maximum Gasteiger partial charge on any atom is 0.206 e. The van der Waals surface area contributed by atoms with Crippen LogP contribution >= 0.6 is 0 Å². The van der Waals surface area contributed by atoms with Crippen LogP contribution in [0.15, 0.2) is 4.99 Å². The van der Waals surface area contributed by atoms with Crippen molar-refractivity contribution < 1.29 is 9.47 Å². The van der Waals surface area contributed by atoms with Gasteiger partial charge in [0.1, 0.15) is 0 Å². The average Bonchev–Trinajstić information content (AvgIpc) is 2.39. The molecule has 1 fully saturated rings. The number of hydrogen-bond donors (Lipinski definition) is 3. The van der Waals surface area contributed by atoms with E-state index in [1.165, 1.54) is 12.8 Å². The van der Waals surface area contributed by atoms with Gasteiger partial charge in [0.15, 0.2) is 0 Å². The maximum absolute atomic E-state index is 5.65. The second-order valence-electron chi connectivity index (χ2n) is 4.65. The number of methoxy groups -OCH3 is 1. The van der Waals surface area contributed by atoms with E-state index in [1.807, 2.05) is 6.92 Å². The SMILES string of the molecule is COCC(C)NC(=NCCC1CCCCO1)NN. The zero-order chi connectivity index (χ0) is 13.2.